The van der Waals surface area contributed by atoms with Crippen LogP contribution in [0.3, 0.4) is 0 Å². The Morgan fingerprint density at radius 3 is 2.52 bits per heavy atom. The van der Waals surface area contributed by atoms with Crippen molar-refractivity contribution in [2.75, 3.05) is 24.5 Å². The number of hydrogen-bond donors (Lipinski definition) is 0. The standard InChI is InChI=1S/C21H26N4O2/c1-21(2,3)27-20(26)25-13-16-11-12-24(14-18(16)25)19-10-9-17(22-23-19)15-7-5-4-6-8-15/h4-10,16,18H,11-14H2,1-3H3. The van der Waals surface area contributed by atoms with Crippen LogP contribution in [0, 0.1) is 5.92 Å². The van der Waals surface area contributed by atoms with Crippen molar-refractivity contribution in [1.29, 1.82) is 0 Å². The molecule has 2 atom stereocenters. The fourth-order valence-corrected chi connectivity index (χ4v) is 3.79. The molecular formula is C21H26N4O2. The molecule has 1 amide bonds. The summed E-state index contributed by atoms with van der Waals surface area (Å²) in [5.41, 5.74) is 1.47. The molecule has 0 spiro atoms. The maximum atomic E-state index is 12.4. The number of fused-ring (bicyclic) bond motifs is 1. The molecule has 3 heterocycles. The summed E-state index contributed by atoms with van der Waals surface area (Å²) in [5, 5.41) is 8.82. The number of carbonyl (C=O) groups is 1. The number of carbonyl (C=O) groups excluding carboxylic acids is 1. The van der Waals surface area contributed by atoms with Crippen molar-refractivity contribution < 1.29 is 9.53 Å². The molecule has 0 aliphatic carbocycles. The maximum Gasteiger partial charge on any atom is 0.410 e. The number of nitrogens with zero attached hydrogens (tertiary/aromatic N) is 4. The van der Waals surface area contributed by atoms with Crippen molar-refractivity contribution in [3.05, 3.63) is 42.5 Å². The van der Waals surface area contributed by atoms with Gasteiger partial charge in [-0.05, 0) is 39.3 Å². The van der Waals surface area contributed by atoms with Crippen LogP contribution in [-0.2, 0) is 4.74 Å². The maximum absolute atomic E-state index is 12.4. The molecular weight excluding hydrogens is 340 g/mol. The summed E-state index contributed by atoms with van der Waals surface area (Å²) in [7, 11) is 0. The van der Waals surface area contributed by atoms with Crippen molar-refractivity contribution in [3.8, 4) is 11.3 Å². The molecule has 2 aliphatic rings. The molecule has 6 nitrogen and oxygen atoms in total. The van der Waals surface area contributed by atoms with Gasteiger partial charge in [-0.15, -0.1) is 10.2 Å². The first-order chi connectivity index (χ1) is 12.9. The Morgan fingerprint density at radius 2 is 1.85 bits per heavy atom. The quantitative estimate of drug-likeness (QED) is 0.813. The van der Waals surface area contributed by atoms with Gasteiger partial charge in [-0.2, -0.15) is 0 Å². The van der Waals surface area contributed by atoms with Gasteiger partial charge in [0.05, 0.1) is 11.7 Å². The zero-order valence-electron chi connectivity index (χ0n) is 16.1. The Labute approximate surface area is 160 Å². The number of ether oxygens (including phenoxy) is 1. The van der Waals surface area contributed by atoms with Gasteiger partial charge < -0.3 is 14.5 Å². The highest BCUT2D eigenvalue weighted by atomic mass is 16.6. The minimum atomic E-state index is -0.463. The van der Waals surface area contributed by atoms with Gasteiger partial charge in [0.25, 0.3) is 0 Å². The number of amides is 1. The van der Waals surface area contributed by atoms with E-state index in [1.807, 2.05) is 68.1 Å². The first kappa shape index (κ1) is 17.8. The second kappa shape index (κ2) is 6.83. The van der Waals surface area contributed by atoms with E-state index in [4.69, 9.17) is 4.74 Å². The molecule has 6 heteroatoms. The molecule has 27 heavy (non-hydrogen) atoms. The lowest BCUT2D eigenvalue weighted by Crippen LogP contribution is -2.66. The van der Waals surface area contributed by atoms with Crippen LogP contribution in [0.4, 0.5) is 10.6 Å². The van der Waals surface area contributed by atoms with E-state index in [0.29, 0.717) is 5.92 Å². The third-order valence-corrected chi connectivity index (χ3v) is 5.22. The van der Waals surface area contributed by atoms with Gasteiger partial charge in [0.2, 0.25) is 0 Å². The van der Waals surface area contributed by atoms with Crippen LogP contribution in [0.1, 0.15) is 27.2 Å². The molecule has 2 saturated heterocycles. The number of benzene rings is 1. The first-order valence-electron chi connectivity index (χ1n) is 9.54. The molecule has 2 fully saturated rings. The second-order valence-electron chi connectivity index (χ2n) is 8.34. The van der Waals surface area contributed by atoms with E-state index in [1.165, 1.54) is 0 Å². The van der Waals surface area contributed by atoms with Gasteiger partial charge >= 0.3 is 6.09 Å². The van der Waals surface area contributed by atoms with E-state index in [9.17, 15) is 4.79 Å². The molecule has 2 aromatic rings. The largest absolute Gasteiger partial charge is 0.444 e. The first-order valence-corrected chi connectivity index (χ1v) is 9.54. The summed E-state index contributed by atoms with van der Waals surface area (Å²) in [6.45, 7) is 8.23. The topological polar surface area (TPSA) is 58.6 Å². The molecule has 0 bridgehead atoms. The lowest BCUT2D eigenvalue weighted by molar-refractivity contribution is -0.0346. The third kappa shape index (κ3) is 3.75. The Hall–Kier alpha value is -2.63. The van der Waals surface area contributed by atoms with E-state index < -0.39 is 5.60 Å². The molecule has 0 radical (unpaired) electrons. The summed E-state index contributed by atoms with van der Waals surface area (Å²) in [6, 6.07) is 14.3. The molecule has 1 aromatic carbocycles. The predicted molar refractivity (Wildman–Crippen MR) is 105 cm³/mol. The predicted octanol–water partition coefficient (Wildman–Crippen LogP) is 3.59. The van der Waals surface area contributed by atoms with Gasteiger partial charge in [0.15, 0.2) is 5.82 Å². The summed E-state index contributed by atoms with van der Waals surface area (Å²) in [6.07, 6.45) is 0.850. The highest BCUT2D eigenvalue weighted by Gasteiger charge is 2.46. The van der Waals surface area contributed by atoms with Gasteiger partial charge in [0.1, 0.15) is 5.60 Å². The number of likely N-dealkylation sites (tertiary alicyclic amines) is 1. The zero-order chi connectivity index (χ0) is 19.0. The average Bonchev–Trinajstić information content (AvgIpc) is 2.62. The van der Waals surface area contributed by atoms with E-state index in [1.54, 1.807) is 0 Å². The molecule has 142 valence electrons. The van der Waals surface area contributed by atoms with Gasteiger partial charge in [-0.1, -0.05) is 30.3 Å². The number of anilines is 1. The second-order valence-corrected chi connectivity index (χ2v) is 8.34. The van der Waals surface area contributed by atoms with Crippen molar-refractivity contribution in [2.45, 2.75) is 38.8 Å². The van der Waals surface area contributed by atoms with Crippen LogP contribution in [-0.4, -0.2) is 52.5 Å². The fraction of sp³-hybridized carbons (Fsp3) is 0.476. The van der Waals surface area contributed by atoms with E-state index in [-0.39, 0.29) is 12.1 Å². The zero-order valence-corrected chi connectivity index (χ0v) is 16.1. The molecule has 4 rings (SSSR count). The summed E-state index contributed by atoms with van der Waals surface area (Å²) in [5.74, 6) is 1.43. The van der Waals surface area contributed by atoms with E-state index >= 15 is 0 Å². The van der Waals surface area contributed by atoms with Crippen LogP contribution in [0.25, 0.3) is 11.3 Å². The van der Waals surface area contributed by atoms with Crippen molar-refractivity contribution in [1.82, 2.24) is 15.1 Å². The normalized spacial score (nSPS) is 22.0. The average molecular weight is 366 g/mol. The molecule has 2 aliphatic heterocycles. The van der Waals surface area contributed by atoms with E-state index in [2.05, 4.69) is 15.1 Å². The van der Waals surface area contributed by atoms with Crippen LogP contribution in [0.15, 0.2) is 42.5 Å². The highest BCUT2D eigenvalue weighted by Crippen LogP contribution is 2.35. The Balaban J connectivity index is 1.43. The van der Waals surface area contributed by atoms with Crippen molar-refractivity contribution in [2.24, 2.45) is 5.92 Å². The highest BCUT2D eigenvalue weighted by molar-refractivity contribution is 5.70. The Kier molecular flexibility index (Phi) is 4.50. The monoisotopic (exact) mass is 366 g/mol. The lowest BCUT2D eigenvalue weighted by Gasteiger charge is -2.53. The summed E-state index contributed by atoms with van der Waals surface area (Å²) < 4.78 is 5.54. The molecule has 0 N–H and O–H groups in total. The van der Waals surface area contributed by atoms with Gasteiger partial charge in [0, 0.05) is 31.1 Å². The summed E-state index contributed by atoms with van der Waals surface area (Å²) in [4.78, 5) is 16.5. The third-order valence-electron chi connectivity index (χ3n) is 5.22. The lowest BCUT2D eigenvalue weighted by atomic mass is 9.82. The number of rotatable bonds is 2. The molecule has 2 unspecified atom stereocenters. The Morgan fingerprint density at radius 1 is 1.07 bits per heavy atom. The van der Waals surface area contributed by atoms with Crippen LogP contribution >= 0.6 is 0 Å². The van der Waals surface area contributed by atoms with Gasteiger partial charge in [-0.25, -0.2) is 4.79 Å². The fourth-order valence-electron chi connectivity index (χ4n) is 3.79. The van der Waals surface area contributed by atoms with Crippen molar-refractivity contribution >= 4 is 11.9 Å². The number of hydrogen-bond acceptors (Lipinski definition) is 5. The summed E-state index contributed by atoms with van der Waals surface area (Å²) >= 11 is 0. The van der Waals surface area contributed by atoms with Crippen molar-refractivity contribution in [3.63, 3.8) is 0 Å². The van der Waals surface area contributed by atoms with Crippen LogP contribution < -0.4 is 4.90 Å². The van der Waals surface area contributed by atoms with Gasteiger partial charge in [-0.3, -0.25) is 0 Å². The Bertz CT molecular complexity index is 801. The number of piperidine rings is 1. The molecule has 0 saturated carbocycles. The number of aromatic nitrogens is 2. The molecule has 1 aromatic heterocycles. The van der Waals surface area contributed by atoms with Crippen LogP contribution in [0.2, 0.25) is 0 Å². The minimum Gasteiger partial charge on any atom is -0.444 e. The smallest absolute Gasteiger partial charge is 0.410 e. The van der Waals surface area contributed by atoms with E-state index in [0.717, 1.165) is 43.1 Å². The minimum absolute atomic E-state index is 0.198. The SMILES string of the molecule is CC(C)(C)OC(=O)N1CC2CCN(c3ccc(-c4ccccc4)nn3)CC21. The van der Waals surface area contributed by atoms with Crippen LogP contribution in [0.5, 0.6) is 0 Å².